The molecule has 0 aliphatic rings. The van der Waals surface area contributed by atoms with Crippen LogP contribution in [0, 0.1) is 0 Å². The van der Waals surface area contributed by atoms with Crippen molar-refractivity contribution in [2.45, 2.75) is 13.8 Å². The van der Waals surface area contributed by atoms with Gasteiger partial charge in [0.2, 0.25) is 0 Å². The van der Waals surface area contributed by atoms with E-state index in [0.717, 1.165) is 25.4 Å². The van der Waals surface area contributed by atoms with Gasteiger partial charge in [-0.2, -0.15) is 0 Å². The second-order valence-electron chi connectivity index (χ2n) is 4.04. The van der Waals surface area contributed by atoms with E-state index in [0.29, 0.717) is 23.8 Å². The van der Waals surface area contributed by atoms with Crippen molar-refractivity contribution in [2.24, 2.45) is 0 Å². The normalized spacial score (nSPS) is 10.3. The average Bonchev–Trinajstić information content (AvgIpc) is 2.44. The van der Waals surface area contributed by atoms with E-state index >= 15 is 0 Å². The highest BCUT2D eigenvalue weighted by molar-refractivity contribution is 5.73. The van der Waals surface area contributed by atoms with E-state index in [4.69, 9.17) is 19.9 Å². The maximum Gasteiger partial charge on any atom is 0.162 e. The molecule has 0 atom stereocenters. The van der Waals surface area contributed by atoms with Crippen LogP contribution in [-0.2, 0) is 4.74 Å². The minimum absolute atomic E-state index is 0.643. The minimum Gasteiger partial charge on any atom is -0.493 e. The molecule has 19 heavy (non-hydrogen) atoms. The van der Waals surface area contributed by atoms with Crippen LogP contribution in [0.4, 0.5) is 11.4 Å². The second kappa shape index (κ2) is 7.74. The Labute approximate surface area is 115 Å². The molecule has 0 fully saturated rings. The van der Waals surface area contributed by atoms with Gasteiger partial charge in [0.15, 0.2) is 11.5 Å². The Bertz CT molecular complexity index is 397. The van der Waals surface area contributed by atoms with E-state index in [9.17, 15) is 0 Å². The summed E-state index contributed by atoms with van der Waals surface area (Å²) in [4.78, 5) is 2.16. The predicted octanol–water partition coefficient (Wildman–Crippen LogP) is 2.15. The molecule has 0 saturated carbocycles. The maximum absolute atomic E-state index is 6.08. The summed E-state index contributed by atoms with van der Waals surface area (Å²) in [6.07, 6.45) is 0. The molecule has 0 unspecified atom stereocenters. The van der Waals surface area contributed by atoms with Gasteiger partial charge < -0.3 is 24.8 Å². The van der Waals surface area contributed by atoms with Gasteiger partial charge in [0, 0.05) is 31.8 Å². The summed E-state index contributed by atoms with van der Waals surface area (Å²) >= 11 is 0. The van der Waals surface area contributed by atoms with Crippen LogP contribution in [0.1, 0.15) is 13.8 Å². The number of ether oxygens (including phenoxy) is 3. The highest BCUT2D eigenvalue weighted by Gasteiger charge is 2.13. The number of nitrogens with two attached hydrogens (primary N) is 1. The fourth-order valence-corrected chi connectivity index (χ4v) is 1.93. The van der Waals surface area contributed by atoms with E-state index < -0.39 is 0 Å². The fraction of sp³-hybridized carbons (Fsp3) is 0.571. The smallest absolute Gasteiger partial charge is 0.162 e. The molecular weight excluding hydrogens is 244 g/mol. The van der Waals surface area contributed by atoms with Crippen molar-refractivity contribution >= 4 is 11.4 Å². The number of likely N-dealkylation sites (N-methyl/N-ethyl adjacent to an activating group) is 1. The Morgan fingerprint density at radius 2 is 1.74 bits per heavy atom. The lowest BCUT2D eigenvalue weighted by molar-refractivity contribution is 0.154. The highest BCUT2D eigenvalue weighted by Crippen LogP contribution is 2.36. The summed E-state index contributed by atoms with van der Waals surface area (Å²) in [5, 5.41) is 0. The van der Waals surface area contributed by atoms with Crippen LogP contribution in [0.3, 0.4) is 0 Å². The molecule has 5 heteroatoms. The minimum atomic E-state index is 0.643. The molecule has 2 N–H and O–H groups in total. The van der Waals surface area contributed by atoms with Gasteiger partial charge in [-0.15, -0.1) is 0 Å². The van der Waals surface area contributed by atoms with Crippen LogP contribution in [0.2, 0.25) is 0 Å². The monoisotopic (exact) mass is 268 g/mol. The first-order chi connectivity index (χ1) is 9.17. The highest BCUT2D eigenvalue weighted by atomic mass is 16.5. The van der Waals surface area contributed by atoms with Crippen LogP contribution in [0.25, 0.3) is 0 Å². The van der Waals surface area contributed by atoms with E-state index in [2.05, 4.69) is 11.8 Å². The van der Waals surface area contributed by atoms with E-state index in [-0.39, 0.29) is 0 Å². The Balaban J connectivity index is 2.96. The number of benzene rings is 1. The van der Waals surface area contributed by atoms with Gasteiger partial charge in [-0.05, 0) is 13.8 Å². The van der Waals surface area contributed by atoms with Crippen LogP contribution in [0.5, 0.6) is 11.5 Å². The van der Waals surface area contributed by atoms with E-state index in [1.165, 1.54) is 0 Å². The predicted molar refractivity (Wildman–Crippen MR) is 78.3 cm³/mol. The third-order valence-corrected chi connectivity index (χ3v) is 2.96. The topological polar surface area (TPSA) is 57.0 Å². The van der Waals surface area contributed by atoms with Gasteiger partial charge in [-0.1, -0.05) is 0 Å². The van der Waals surface area contributed by atoms with Crippen molar-refractivity contribution in [1.29, 1.82) is 0 Å². The zero-order valence-electron chi connectivity index (χ0n) is 12.2. The molecule has 0 amide bonds. The molecule has 0 radical (unpaired) electrons. The third-order valence-electron chi connectivity index (χ3n) is 2.96. The van der Waals surface area contributed by atoms with E-state index in [1.54, 1.807) is 20.3 Å². The molecule has 0 heterocycles. The zero-order valence-corrected chi connectivity index (χ0v) is 12.2. The van der Waals surface area contributed by atoms with Gasteiger partial charge in [0.1, 0.15) is 0 Å². The summed E-state index contributed by atoms with van der Waals surface area (Å²) in [7, 11) is 3.22. The van der Waals surface area contributed by atoms with Gasteiger partial charge >= 0.3 is 0 Å². The summed E-state index contributed by atoms with van der Waals surface area (Å²) in [6, 6.07) is 3.70. The first kappa shape index (κ1) is 15.4. The molecule has 0 bridgehead atoms. The number of nitrogen functional groups attached to an aromatic ring is 1. The van der Waals surface area contributed by atoms with Crippen molar-refractivity contribution in [3.05, 3.63) is 12.1 Å². The van der Waals surface area contributed by atoms with Crippen molar-refractivity contribution in [3.63, 3.8) is 0 Å². The molecular formula is C14H24N2O3. The largest absolute Gasteiger partial charge is 0.493 e. The molecule has 1 rings (SSSR count). The molecule has 5 nitrogen and oxygen atoms in total. The van der Waals surface area contributed by atoms with Crippen molar-refractivity contribution in [1.82, 2.24) is 0 Å². The molecule has 0 aliphatic heterocycles. The molecule has 108 valence electrons. The van der Waals surface area contributed by atoms with Crippen LogP contribution < -0.4 is 20.1 Å². The van der Waals surface area contributed by atoms with Crippen LogP contribution in [0.15, 0.2) is 12.1 Å². The first-order valence-electron chi connectivity index (χ1n) is 6.52. The molecule has 1 aromatic rings. The quantitative estimate of drug-likeness (QED) is 0.578. The van der Waals surface area contributed by atoms with Crippen LogP contribution >= 0.6 is 0 Å². The standard InChI is InChI=1S/C14H24N2O3/c1-5-16(7-8-19-6-2)12-10-14(18-4)13(17-3)9-11(12)15/h9-10H,5-8,15H2,1-4H3. The summed E-state index contributed by atoms with van der Waals surface area (Å²) in [5.41, 5.74) is 7.70. The number of anilines is 2. The van der Waals surface area contributed by atoms with Gasteiger partial charge in [0.25, 0.3) is 0 Å². The van der Waals surface area contributed by atoms with Gasteiger partial charge in [-0.3, -0.25) is 0 Å². The Kier molecular flexibility index (Phi) is 6.29. The average molecular weight is 268 g/mol. The van der Waals surface area contributed by atoms with Crippen molar-refractivity contribution in [2.75, 3.05) is 51.2 Å². The lowest BCUT2D eigenvalue weighted by Gasteiger charge is -2.25. The fourth-order valence-electron chi connectivity index (χ4n) is 1.93. The molecule has 0 spiro atoms. The Morgan fingerprint density at radius 1 is 1.11 bits per heavy atom. The number of nitrogens with zero attached hydrogens (tertiary/aromatic N) is 1. The van der Waals surface area contributed by atoms with Gasteiger partial charge in [-0.25, -0.2) is 0 Å². The lowest BCUT2D eigenvalue weighted by atomic mass is 10.2. The number of rotatable bonds is 8. The summed E-state index contributed by atoms with van der Waals surface area (Å²) < 4.78 is 15.9. The van der Waals surface area contributed by atoms with Gasteiger partial charge in [0.05, 0.1) is 32.2 Å². The van der Waals surface area contributed by atoms with E-state index in [1.807, 2.05) is 13.0 Å². The number of hydrogen-bond donors (Lipinski definition) is 1. The molecule has 1 aromatic carbocycles. The Hall–Kier alpha value is -1.62. The molecule has 0 aromatic heterocycles. The zero-order chi connectivity index (χ0) is 14.3. The Morgan fingerprint density at radius 3 is 2.26 bits per heavy atom. The maximum atomic E-state index is 6.08. The lowest BCUT2D eigenvalue weighted by Crippen LogP contribution is -2.28. The molecule has 0 aliphatic carbocycles. The SMILES string of the molecule is CCOCCN(CC)c1cc(OC)c(OC)cc1N. The van der Waals surface area contributed by atoms with Crippen molar-refractivity contribution in [3.8, 4) is 11.5 Å². The second-order valence-corrected chi connectivity index (χ2v) is 4.04. The van der Waals surface area contributed by atoms with Crippen molar-refractivity contribution < 1.29 is 14.2 Å². The number of hydrogen-bond acceptors (Lipinski definition) is 5. The first-order valence-corrected chi connectivity index (χ1v) is 6.52. The molecule has 0 saturated heterocycles. The summed E-state index contributed by atoms with van der Waals surface area (Å²) in [5.74, 6) is 1.33. The summed E-state index contributed by atoms with van der Waals surface area (Å²) in [6.45, 7) is 7.12. The third kappa shape index (κ3) is 3.92. The number of methoxy groups -OCH3 is 2. The van der Waals surface area contributed by atoms with Crippen LogP contribution in [-0.4, -0.2) is 40.5 Å².